The van der Waals surface area contributed by atoms with Gasteiger partial charge in [-0.3, -0.25) is 4.67 Å². The van der Waals surface area contributed by atoms with Crippen LogP contribution in [0.3, 0.4) is 0 Å². The zero-order chi connectivity index (χ0) is 31.8. The highest BCUT2D eigenvalue weighted by molar-refractivity contribution is 8.06. The van der Waals surface area contributed by atoms with Crippen LogP contribution in [0.1, 0.15) is 71.2 Å². The third-order valence-corrected chi connectivity index (χ3v) is 13.7. The van der Waals surface area contributed by atoms with Gasteiger partial charge in [0.25, 0.3) is 0 Å². The van der Waals surface area contributed by atoms with E-state index in [9.17, 15) is 0 Å². The van der Waals surface area contributed by atoms with Crippen LogP contribution < -0.4 is 5.32 Å². The molecule has 2 nitrogen and oxygen atoms in total. The van der Waals surface area contributed by atoms with E-state index in [2.05, 4.69) is 114 Å². The van der Waals surface area contributed by atoms with Crippen LogP contribution in [-0.4, -0.2) is 40.4 Å². The molecule has 2 rings (SSSR count). The molecule has 0 aliphatic heterocycles. The smallest absolute Gasteiger partial charge is 0.0859 e. The molecule has 15 heteroatoms. The number of nitrogens with zero attached hydrogens (tertiary/aromatic N) is 1. The standard InChI is InChI=1S/C14H22Cl3NP2.C12H19N.C2H4Cl4P2.CH4.2H3P/c1-12-5-7-13(8-6-12)11-18(14(2,3)4)20(17)10-9-19(15)16;1-10-5-7-11(8-6-10)9-13-12(2,3)4;3-7(4)1-2-8(5)6;;;/h5-8H,9-11H2,1-4H3;5-8,13H,9H2,1-4H3;1-2H2;1H4;2*1H3. The van der Waals surface area contributed by atoms with Crippen molar-refractivity contribution in [3.05, 3.63) is 70.8 Å². The Morgan fingerprint density at radius 1 is 0.591 bits per heavy atom. The Hall–Kier alpha value is 2.97. The topological polar surface area (TPSA) is 15.3 Å². The van der Waals surface area contributed by atoms with Crippen LogP contribution in [0.25, 0.3) is 0 Å². The first-order valence-electron chi connectivity index (χ1n) is 13.1. The van der Waals surface area contributed by atoms with E-state index in [0.717, 1.165) is 37.7 Å². The predicted octanol–water partition coefficient (Wildman–Crippen LogP) is 15.1. The summed E-state index contributed by atoms with van der Waals surface area (Å²) in [6.07, 6.45) is 3.17. The lowest BCUT2D eigenvalue weighted by Gasteiger charge is -2.38. The molecule has 0 fully saturated rings. The minimum Gasteiger partial charge on any atom is -0.308 e. The molecule has 260 valence electrons. The molecule has 0 radical (unpaired) electrons. The fraction of sp³-hybridized carbons (Fsp3) is 0.586. The van der Waals surface area contributed by atoms with Crippen molar-refractivity contribution in [3.63, 3.8) is 0 Å². The molecule has 2 aromatic rings. The maximum Gasteiger partial charge on any atom is 0.0859 e. The molecular formula is C29H55Cl7N2P6. The van der Waals surface area contributed by atoms with Crippen molar-refractivity contribution in [2.45, 2.75) is 87.0 Å². The van der Waals surface area contributed by atoms with Crippen LogP contribution in [0.2, 0.25) is 0 Å². The molecule has 0 amide bonds. The van der Waals surface area contributed by atoms with Gasteiger partial charge in [-0.25, -0.2) is 0 Å². The van der Waals surface area contributed by atoms with Gasteiger partial charge in [0, 0.05) is 48.8 Å². The number of rotatable bonds is 11. The molecule has 0 aliphatic rings. The van der Waals surface area contributed by atoms with E-state index in [-0.39, 0.29) is 38.3 Å². The zero-order valence-electron chi connectivity index (χ0n) is 26.7. The highest BCUT2D eigenvalue weighted by atomic mass is 35.9. The SMILES string of the molecule is C.Cc1ccc(CN(P(Cl)CCP(Cl)Cl)C(C)(C)C)cc1.Cc1ccc(CNC(C)(C)C)cc1.ClP(Cl)CCP(Cl)Cl.P.P. The Balaban J connectivity index is -0.000000289. The summed E-state index contributed by atoms with van der Waals surface area (Å²) in [4.78, 5) is 0. The van der Waals surface area contributed by atoms with E-state index < -0.39 is 27.3 Å². The van der Waals surface area contributed by atoms with Gasteiger partial charge >= 0.3 is 0 Å². The molecule has 44 heavy (non-hydrogen) atoms. The molecule has 0 aliphatic carbocycles. The second-order valence-electron chi connectivity index (χ2n) is 11.4. The summed E-state index contributed by atoms with van der Waals surface area (Å²) in [5.41, 5.74) is 5.46. The highest BCUT2D eigenvalue weighted by Gasteiger charge is 2.28. The summed E-state index contributed by atoms with van der Waals surface area (Å²) in [6.45, 7) is 16.6. The monoisotopic (exact) mass is 862 g/mol. The number of benzene rings is 2. The van der Waals surface area contributed by atoms with Gasteiger partial charge in [-0.05, 0) is 66.5 Å². The van der Waals surface area contributed by atoms with E-state index >= 15 is 0 Å². The molecule has 0 bridgehead atoms. The first-order chi connectivity index (χ1) is 18.8. The molecule has 3 unspecified atom stereocenters. The number of hydrogen-bond donors (Lipinski definition) is 1. The second-order valence-corrected chi connectivity index (χ2v) is 26.3. The first kappa shape index (κ1) is 53.8. The van der Waals surface area contributed by atoms with E-state index in [4.69, 9.17) is 78.7 Å². The molecule has 0 saturated carbocycles. The zero-order valence-corrected chi connectivity index (χ0v) is 38.4. The van der Waals surface area contributed by atoms with Crippen molar-refractivity contribution in [3.8, 4) is 0 Å². The lowest BCUT2D eigenvalue weighted by Crippen LogP contribution is -2.36. The van der Waals surface area contributed by atoms with E-state index in [0.29, 0.717) is 0 Å². The molecule has 3 atom stereocenters. The third kappa shape index (κ3) is 31.0. The molecule has 0 heterocycles. The maximum atomic E-state index is 6.64. The van der Waals surface area contributed by atoms with E-state index in [1.807, 2.05) is 0 Å². The minimum absolute atomic E-state index is 0. The summed E-state index contributed by atoms with van der Waals surface area (Å²) < 4.78 is 2.36. The first-order valence-corrected chi connectivity index (χ1v) is 25.5. The summed E-state index contributed by atoms with van der Waals surface area (Å²) in [6, 6.07) is 17.3. The fourth-order valence-electron chi connectivity index (χ4n) is 3.01. The van der Waals surface area contributed by atoms with Crippen LogP contribution in [0.5, 0.6) is 0 Å². The van der Waals surface area contributed by atoms with Crippen molar-refractivity contribution >= 4 is 126 Å². The van der Waals surface area contributed by atoms with E-state index in [1.54, 1.807) is 0 Å². The van der Waals surface area contributed by atoms with Crippen LogP contribution in [-0.2, 0) is 13.1 Å². The average molecular weight is 866 g/mol. The Morgan fingerprint density at radius 2 is 0.932 bits per heavy atom. The maximum absolute atomic E-state index is 6.64. The Kier molecular flexibility index (Phi) is 35.0. The predicted molar refractivity (Wildman–Crippen MR) is 231 cm³/mol. The molecule has 2 aromatic carbocycles. The number of halogens is 7. The van der Waals surface area contributed by atoms with Crippen molar-refractivity contribution in [1.29, 1.82) is 0 Å². The highest BCUT2D eigenvalue weighted by Crippen LogP contribution is 2.55. The van der Waals surface area contributed by atoms with Gasteiger partial charge in [-0.1, -0.05) is 146 Å². The van der Waals surface area contributed by atoms with Gasteiger partial charge < -0.3 is 5.32 Å². The summed E-state index contributed by atoms with van der Waals surface area (Å²) in [5.74, 6) is 0. The van der Waals surface area contributed by atoms with Crippen molar-refractivity contribution in [2.24, 2.45) is 0 Å². The number of hydrogen-bond acceptors (Lipinski definition) is 2. The van der Waals surface area contributed by atoms with Gasteiger partial charge in [0.05, 0.1) is 27.3 Å². The fourth-order valence-corrected chi connectivity index (χ4v) is 12.3. The summed E-state index contributed by atoms with van der Waals surface area (Å²) in [5, 5.41) is 3.46. The third-order valence-electron chi connectivity index (χ3n) is 5.32. The van der Waals surface area contributed by atoms with Gasteiger partial charge in [-0.2, -0.15) is 19.8 Å². The van der Waals surface area contributed by atoms with Crippen molar-refractivity contribution in [2.75, 3.05) is 24.6 Å². The number of nitrogens with one attached hydrogen (secondary N) is 1. The Morgan fingerprint density at radius 3 is 1.25 bits per heavy atom. The second kappa shape index (κ2) is 28.6. The normalized spacial score (nSPS) is 11.9. The minimum atomic E-state index is -0.908. The molecule has 1 N–H and O–H groups in total. The summed E-state index contributed by atoms with van der Waals surface area (Å²) in [7, 11) is -0.743. The molecule has 0 aromatic heterocycles. The molecule has 0 spiro atoms. The Bertz CT molecular complexity index is 935. The van der Waals surface area contributed by atoms with Gasteiger partial charge in [0.1, 0.15) is 0 Å². The Labute approximate surface area is 315 Å². The van der Waals surface area contributed by atoms with Gasteiger partial charge in [-0.15, -0.1) is 0 Å². The average Bonchev–Trinajstić information content (AvgIpc) is 2.85. The van der Waals surface area contributed by atoms with Crippen molar-refractivity contribution in [1.82, 2.24) is 9.99 Å². The largest absolute Gasteiger partial charge is 0.308 e. The van der Waals surface area contributed by atoms with Crippen LogP contribution >= 0.6 is 126 Å². The quantitative estimate of drug-likeness (QED) is 0.226. The van der Waals surface area contributed by atoms with Gasteiger partial charge in [0.15, 0.2) is 0 Å². The molecule has 0 saturated heterocycles. The van der Waals surface area contributed by atoms with Gasteiger partial charge in [0.2, 0.25) is 0 Å². The van der Waals surface area contributed by atoms with E-state index in [1.165, 1.54) is 22.3 Å². The molecular weight excluding hydrogens is 810 g/mol. The van der Waals surface area contributed by atoms with Crippen LogP contribution in [0.4, 0.5) is 0 Å². The van der Waals surface area contributed by atoms with Crippen molar-refractivity contribution < 1.29 is 0 Å². The summed E-state index contributed by atoms with van der Waals surface area (Å²) >= 11 is 40.2. The van der Waals surface area contributed by atoms with Crippen LogP contribution in [0, 0.1) is 13.8 Å². The number of aryl methyl sites for hydroxylation is 2. The lowest BCUT2D eigenvalue weighted by atomic mass is 10.1. The van der Waals surface area contributed by atoms with Crippen LogP contribution in [0.15, 0.2) is 48.5 Å². The lowest BCUT2D eigenvalue weighted by molar-refractivity contribution is 0.259.